The van der Waals surface area contributed by atoms with Crippen LogP contribution in [0.5, 0.6) is 0 Å². The van der Waals surface area contributed by atoms with E-state index in [4.69, 9.17) is 9.72 Å². The van der Waals surface area contributed by atoms with E-state index in [1.54, 1.807) is 19.4 Å². The number of aromatic nitrogens is 4. The molecule has 3 aromatic rings. The summed E-state index contributed by atoms with van der Waals surface area (Å²) in [6, 6.07) is 3.87. The van der Waals surface area contributed by atoms with Crippen molar-refractivity contribution in [3.05, 3.63) is 36.3 Å². The number of alkyl halides is 1. The molecule has 0 aliphatic carbocycles. The maximum absolute atomic E-state index is 14.3. The third kappa shape index (κ3) is 5.65. The van der Waals surface area contributed by atoms with E-state index in [0.29, 0.717) is 36.5 Å². The van der Waals surface area contributed by atoms with Gasteiger partial charge in [-0.1, -0.05) is 13.8 Å². The van der Waals surface area contributed by atoms with Crippen LogP contribution < -0.4 is 20.4 Å². The number of hydrogen-bond donors (Lipinski definition) is 2. The molecule has 2 fully saturated rings. The van der Waals surface area contributed by atoms with E-state index in [-0.39, 0.29) is 12.6 Å². The molecule has 2 N–H and O–H groups in total. The molecule has 10 heteroatoms. The predicted octanol–water partition coefficient (Wildman–Crippen LogP) is 3.90. The minimum Gasteiger partial charge on any atom is -0.378 e. The van der Waals surface area contributed by atoms with Crippen molar-refractivity contribution in [2.45, 2.75) is 44.9 Å². The average molecular weight is 497 g/mol. The summed E-state index contributed by atoms with van der Waals surface area (Å²) in [6.07, 6.45) is 5.96. The molecule has 2 atom stereocenters. The first-order valence-electron chi connectivity index (χ1n) is 12.6. The lowest BCUT2D eigenvalue weighted by molar-refractivity contribution is 0.0194. The smallest absolute Gasteiger partial charge is 0.227 e. The summed E-state index contributed by atoms with van der Waals surface area (Å²) in [5.41, 5.74) is 1.19. The van der Waals surface area contributed by atoms with Crippen LogP contribution in [0.3, 0.4) is 0 Å². The van der Waals surface area contributed by atoms with E-state index >= 15 is 0 Å². The van der Waals surface area contributed by atoms with Crippen LogP contribution in [0.15, 0.2) is 30.7 Å². The maximum Gasteiger partial charge on any atom is 0.227 e. The van der Waals surface area contributed by atoms with Crippen molar-refractivity contribution in [1.29, 1.82) is 0 Å². The van der Waals surface area contributed by atoms with Gasteiger partial charge < -0.3 is 25.2 Å². The maximum atomic E-state index is 14.3. The Morgan fingerprint density at radius 3 is 2.44 bits per heavy atom. The van der Waals surface area contributed by atoms with Crippen LogP contribution in [0.4, 0.5) is 27.8 Å². The van der Waals surface area contributed by atoms with Crippen molar-refractivity contribution in [2.75, 3.05) is 62.5 Å². The Morgan fingerprint density at radius 1 is 1.03 bits per heavy atom. The van der Waals surface area contributed by atoms with Gasteiger partial charge in [-0.25, -0.2) is 19.3 Å². The molecule has 9 nitrogen and oxygen atoms in total. The Hall–Kier alpha value is -3.11. The number of anilines is 4. The number of halogens is 1. The number of ether oxygens (including phenoxy) is 1. The lowest BCUT2D eigenvalue weighted by atomic mass is 9.98. The molecular weight excluding hydrogens is 459 g/mol. The number of hydrogen-bond acceptors (Lipinski definition) is 9. The van der Waals surface area contributed by atoms with Crippen molar-refractivity contribution in [2.24, 2.45) is 0 Å². The monoisotopic (exact) mass is 496 g/mol. The number of piperidine rings is 1. The molecule has 36 heavy (non-hydrogen) atoms. The summed E-state index contributed by atoms with van der Waals surface area (Å²) in [5, 5.41) is 8.28. The van der Waals surface area contributed by atoms with Crippen LogP contribution in [-0.2, 0) is 4.74 Å². The fourth-order valence-corrected chi connectivity index (χ4v) is 4.48. The number of pyridine rings is 2. The van der Waals surface area contributed by atoms with E-state index in [0.717, 1.165) is 29.7 Å². The molecule has 5 heterocycles. The van der Waals surface area contributed by atoms with Gasteiger partial charge in [0.05, 0.1) is 12.6 Å². The first-order chi connectivity index (χ1) is 17.4. The third-order valence-electron chi connectivity index (χ3n) is 6.53. The second-order valence-electron chi connectivity index (χ2n) is 9.54. The molecule has 2 unspecified atom stereocenters. The van der Waals surface area contributed by atoms with Crippen LogP contribution >= 0.6 is 0 Å². The fraction of sp³-hybridized carbons (Fsp3) is 0.538. The topological polar surface area (TPSA) is 91.3 Å². The van der Waals surface area contributed by atoms with E-state index in [1.807, 2.05) is 31.4 Å². The summed E-state index contributed by atoms with van der Waals surface area (Å²) < 4.78 is 19.6. The van der Waals surface area contributed by atoms with Gasteiger partial charge in [-0.2, -0.15) is 4.98 Å². The summed E-state index contributed by atoms with van der Waals surface area (Å²) in [4.78, 5) is 22.5. The van der Waals surface area contributed by atoms with Gasteiger partial charge in [0.15, 0.2) is 0 Å². The van der Waals surface area contributed by atoms with Gasteiger partial charge in [0, 0.05) is 50.7 Å². The summed E-state index contributed by atoms with van der Waals surface area (Å²) >= 11 is 0. The molecule has 0 aromatic carbocycles. The minimum absolute atomic E-state index is 0.222. The normalized spacial score (nSPS) is 19.6. The fourth-order valence-electron chi connectivity index (χ4n) is 4.48. The average Bonchev–Trinajstić information content (AvgIpc) is 2.83. The minimum atomic E-state index is -1.06. The Bertz CT molecular complexity index is 1160. The molecule has 2 saturated heterocycles. The molecule has 0 radical (unpaired) electrons. The Labute approximate surface area is 212 Å². The zero-order valence-corrected chi connectivity index (χ0v) is 21.8. The van der Waals surface area contributed by atoms with Crippen molar-refractivity contribution in [3.8, 4) is 0 Å². The van der Waals surface area contributed by atoms with E-state index in [1.165, 1.54) is 12.0 Å². The molecule has 3 aromatic heterocycles. The highest BCUT2D eigenvalue weighted by atomic mass is 19.1. The summed E-state index contributed by atoms with van der Waals surface area (Å²) in [6.45, 7) is 7.30. The molecule has 2 aliphatic heterocycles. The van der Waals surface area contributed by atoms with Crippen LogP contribution in [0.2, 0.25) is 0 Å². The molecule has 0 spiro atoms. The highest BCUT2D eigenvalue weighted by Gasteiger charge is 2.30. The van der Waals surface area contributed by atoms with Crippen LogP contribution in [0.25, 0.3) is 10.8 Å². The summed E-state index contributed by atoms with van der Waals surface area (Å²) in [5.74, 6) is 3.18. The van der Waals surface area contributed by atoms with Crippen molar-refractivity contribution in [1.82, 2.24) is 25.3 Å². The first-order valence-corrected chi connectivity index (χ1v) is 12.6. The van der Waals surface area contributed by atoms with Gasteiger partial charge in [-0.05, 0) is 55.9 Å². The van der Waals surface area contributed by atoms with Gasteiger partial charge in [0.25, 0.3) is 0 Å². The highest BCUT2D eigenvalue weighted by molar-refractivity contribution is 5.96. The summed E-state index contributed by atoms with van der Waals surface area (Å²) in [7, 11) is 5.30. The molecule has 5 rings (SSSR count). The second-order valence-corrected chi connectivity index (χ2v) is 9.54. The third-order valence-corrected chi connectivity index (χ3v) is 6.53. The van der Waals surface area contributed by atoms with Gasteiger partial charge in [-0.15, -0.1) is 0 Å². The van der Waals surface area contributed by atoms with Crippen LogP contribution in [0.1, 0.15) is 38.2 Å². The lowest BCUT2D eigenvalue weighted by Crippen LogP contribution is -2.46. The number of methoxy groups -OCH3 is 1. The Morgan fingerprint density at radius 2 is 1.81 bits per heavy atom. The van der Waals surface area contributed by atoms with E-state index in [9.17, 15) is 4.39 Å². The van der Waals surface area contributed by atoms with Crippen molar-refractivity contribution >= 4 is 34.2 Å². The van der Waals surface area contributed by atoms with Gasteiger partial charge >= 0.3 is 0 Å². The first kappa shape index (κ1) is 26.0. The van der Waals surface area contributed by atoms with Gasteiger partial charge in [0.2, 0.25) is 5.95 Å². The standard InChI is InChI=1S/C24H30FN7O.C2H7N/c1-15(2)17-12-28-23(31-8-4-9-31)18-13-27-22(11-16(17)18)29-21-5-7-26-24(30-21)32-10-6-20(33-3)19(25)14-32;1-3-2/h5,7,11-13,15,19-20H,4,6,8-10,14H2,1-3H3,(H,26,27,29,30);3H,1-2H3. The quantitative estimate of drug-likeness (QED) is 0.527. The molecule has 0 saturated carbocycles. The van der Waals surface area contributed by atoms with Crippen molar-refractivity contribution < 1.29 is 9.13 Å². The SMILES string of the molecule is CNC.COC1CCN(c2nccc(Nc3cc4c(C(C)C)cnc(N5CCC5)c4cn3)n2)CC1F. The zero-order chi connectivity index (χ0) is 25.7. The van der Waals surface area contributed by atoms with Gasteiger partial charge in [-0.3, -0.25) is 0 Å². The lowest BCUT2D eigenvalue weighted by Gasteiger charge is -2.33. The van der Waals surface area contributed by atoms with E-state index in [2.05, 4.69) is 50.4 Å². The Kier molecular flexibility index (Phi) is 8.48. The van der Waals surface area contributed by atoms with Gasteiger partial charge in [0.1, 0.15) is 23.6 Å². The molecule has 194 valence electrons. The highest BCUT2D eigenvalue weighted by Crippen LogP contribution is 2.34. The molecule has 2 aliphatic rings. The molecule has 0 bridgehead atoms. The Balaban J connectivity index is 0.000000967. The zero-order valence-electron chi connectivity index (χ0n) is 21.8. The second kappa shape index (κ2) is 11.7. The van der Waals surface area contributed by atoms with E-state index < -0.39 is 6.17 Å². The molecular formula is C26H37FN8O. The van der Waals surface area contributed by atoms with Crippen LogP contribution in [0, 0.1) is 0 Å². The predicted molar refractivity (Wildman–Crippen MR) is 143 cm³/mol. The number of rotatable bonds is 6. The number of nitrogens with one attached hydrogen (secondary N) is 2. The largest absolute Gasteiger partial charge is 0.378 e. The van der Waals surface area contributed by atoms with Crippen LogP contribution in [-0.4, -0.2) is 79.6 Å². The molecule has 0 amide bonds. The number of fused-ring (bicyclic) bond motifs is 1. The van der Waals surface area contributed by atoms with Crippen molar-refractivity contribution in [3.63, 3.8) is 0 Å². The number of nitrogens with zero attached hydrogens (tertiary/aromatic N) is 6.